The van der Waals surface area contributed by atoms with Gasteiger partial charge in [-0.1, -0.05) is 24.1 Å². The van der Waals surface area contributed by atoms with Gasteiger partial charge in [-0.15, -0.1) is 6.42 Å². The minimum atomic E-state index is -0.192. The Morgan fingerprint density at radius 3 is 2.68 bits per heavy atom. The van der Waals surface area contributed by atoms with Crippen LogP contribution in [0.4, 0.5) is 5.69 Å². The number of nitrogens with one attached hydrogen (secondary N) is 3. The van der Waals surface area contributed by atoms with Crippen molar-refractivity contribution in [2.24, 2.45) is 4.99 Å². The Kier molecular flexibility index (Phi) is 10.5. The monoisotopic (exact) mass is 422 g/mol. The minimum Gasteiger partial charge on any atom is -0.497 e. The number of ether oxygens (including phenoxy) is 2. The Hall–Kier alpha value is -3.50. The molecule has 0 bridgehead atoms. The van der Waals surface area contributed by atoms with Crippen molar-refractivity contribution in [3.05, 3.63) is 59.7 Å². The van der Waals surface area contributed by atoms with Crippen molar-refractivity contribution >= 4 is 17.6 Å². The summed E-state index contributed by atoms with van der Waals surface area (Å²) in [5.41, 5.74) is 2.40. The number of nitrogens with zero attached hydrogens (tertiary/aromatic N) is 1. The van der Waals surface area contributed by atoms with E-state index in [0.29, 0.717) is 43.5 Å². The lowest BCUT2D eigenvalue weighted by Gasteiger charge is -2.13. The number of anilines is 1. The number of carbonyl (C=O) groups is 1. The topological polar surface area (TPSA) is 84.0 Å². The summed E-state index contributed by atoms with van der Waals surface area (Å²) in [6, 6.07) is 14.9. The van der Waals surface area contributed by atoms with E-state index in [4.69, 9.17) is 15.9 Å². The fraction of sp³-hybridized carbons (Fsp3) is 0.333. The molecule has 0 spiro atoms. The predicted octanol–water partition coefficient (Wildman–Crippen LogP) is 2.78. The molecule has 0 aromatic heterocycles. The zero-order valence-corrected chi connectivity index (χ0v) is 18.1. The number of carbonyl (C=O) groups excluding carboxylic acids is 1. The maximum Gasteiger partial charge on any atom is 0.243 e. The van der Waals surface area contributed by atoms with Crippen LogP contribution in [-0.4, -0.2) is 45.3 Å². The van der Waals surface area contributed by atoms with E-state index < -0.39 is 0 Å². The molecule has 0 radical (unpaired) electrons. The number of methoxy groups -OCH3 is 1. The molecule has 2 aromatic rings. The van der Waals surface area contributed by atoms with Crippen molar-refractivity contribution in [3.63, 3.8) is 0 Å². The Morgan fingerprint density at radius 2 is 1.97 bits per heavy atom. The molecule has 7 heteroatoms. The van der Waals surface area contributed by atoms with E-state index in [1.54, 1.807) is 25.3 Å². The Balaban J connectivity index is 1.92. The molecule has 2 aromatic carbocycles. The van der Waals surface area contributed by atoms with Gasteiger partial charge in [0.05, 0.1) is 20.2 Å². The molecule has 0 fully saturated rings. The van der Waals surface area contributed by atoms with E-state index >= 15 is 0 Å². The van der Waals surface area contributed by atoms with Gasteiger partial charge in [-0.05, 0) is 49.2 Å². The molecule has 2 rings (SSSR count). The first-order chi connectivity index (χ1) is 15.1. The highest BCUT2D eigenvalue weighted by Gasteiger charge is 2.06. The summed E-state index contributed by atoms with van der Waals surface area (Å²) in [5, 5.41) is 9.14. The van der Waals surface area contributed by atoms with Gasteiger partial charge < -0.3 is 25.4 Å². The van der Waals surface area contributed by atoms with Gasteiger partial charge >= 0.3 is 0 Å². The molecule has 0 aliphatic carbocycles. The molecule has 7 nitrogen and oxygen atoms in total. The second kappa shape index (κ2) is 13.7. The number of amides is 1. The largest absolute Gasteiger partial charge is 0.497 e. The van der Waals surface area contributed by atoms with Gasteiger partial charge in [0.15, 0.2) is 5.96 Å². The van der Waals surface area contributed by atoms with Crippen LogP contribution in [0.5, 0.6) is 5.75 Å². The fourth-order valence-electron chi connectivity index (χ4n) is 2.66. The Morgan fingerprint density at radius 1 is 1.16 bits per heavy atom. The van der Waals surface area contributed by atoms with Crippen molar-refractivity contribution < 1.29 is 14.3 Å². The summed E-state index contributed by atoms with van der Waals surface area (Å²) in [4.78, 5) is 16.9. The van der Waals surface area contributed by atoms with Gasteiger partial charge in [0, 0.05) is 31.0 Å². The summed E-state index contributed by atoms with van der Waals surface area (Å²) in [6.45, 7) is 4.55. The lowest BCUT2D eigenvalue weighted by atomic mass is 10.2. The van der Waals surface area contributed by atoms with Crippen LogP contribution in [0.15, 0.2) is 53.5 Å². The Bertz CT molecular complexity index is 888. The van der Waals surface area contributed by atoms with E-state index in [1.807, 2.05) is 37.3 Å². The van der Waals surface area contributed by atoms with Gasteiger partial charge in [-0.2, -0.15) is 0 Å². The third-order valence-corrected chi connectivity index (χ3v) is 4.27. The molecular weight excluding hydrogens is 392 g/mol. The number of hydrogen-bond donors (Lipinski definition) is 3. The second-order valence-electron chi connectivity index (χ2n) is 6.62. The molecule has 3 N–H and O–H groups in total. The van der Waals surface area contributed by atoms with Gasteiger partial charge in [-0.3, -0.25) is 4.79 Å². The van der Waals surface area contributed by atoms with Crippen molar-refractivity contribution in [2.45, 2.75) is 19.9 Å². The van der Waals surface area contributed by atoms with E-state index in [9.17, 15) is 4.79 Å². The second-order valence-corrected chi connectivity index (χ2v) is 6.62. The quantitative estimate of drug-likeness (QED) is 0.224. The standard InChI is InChI=1S/C24H30N4O3/c1-4-19-8-6-9-21(16-19)28-23(29)18-27-24(25-14-7-15-31-5-2)26-17-20-10-12-22(30-3)13-11-20/h1,6,8-13,16H,5,7,14-15,17-18H2,2-3H3,(H,28,29)(H2,25,26,27). The Labute approximate surface area is 184 Å². The number of benzene rings is 2. The van der Waals surface area contributed by atoms with Gasteiger partial charge in [0.2, 0.25) is 5.91 Å². The molecule has 0 atom stereocenters. The van der Waals surface area contributed by atoms with Crippen LogP contribution in [0, 0.1) is 12.3 Å². The van der Waals surface area contributed by atoms with E-state index in [1.165, 1.54) is 0 Å². The molecule has 0 saturated carbocycles. The highest BCUT2D eigenvalue weighted by Crippen LogP contribution is 2.12. The SMILES string of the molecule is C#Cc1cccc(NC(=O)CNC(=NCc2ccc(OC)cc2)NCCCOCC)c1. The first-order valence-electron chi connectivity index (χ1n) is 10.2. The van der Waals surface area contributed by atoms with Crippen molar-refractivity contribution in [1.29, 1.82) is 0 Å². The van der Waals surface area contributed by atoms with Gasteiger partial charge in [-0.25, -0.2) is 4.99 Å². The molecule has 31 heavy (non-hydrogen) atoms. The van der Waals surface area contributed by atoms with E-state index in [0.717, 1.165) is 17.7 Å². The minimum absolute atomic E-state index is 0.0696. The smallest absolute Gasteiger partial charge is 0.243 e. The summed E-state index contributed by atoms with van der Waals surface area (Å²) in [7, 11) is 1.63. The summed E-state index contributed by atoms with van der Waals surface area (Å²) >= 11 is 0. The molecule has 1 amide bonds. The fourth-order valence-corrected chi connectivity index (χ4v) is 2.66. The predicted molar refractivity (Wildman–Crippen MR) is 124 cm³/mol. The maximum absolute atomic E-state index is 12.3. The van der Waals surface area contributed by atoms with Crippen LogP contribution < -0.4 is 20.7 Å². The molecule has 0 unspecified atom stereocenters. The van der Waals surface area contributed by atoms with Crippen LogP contribution in [-0.2, 0) is 16.1 Å². The highest BCUT2D eigenvalue weighted by atomic mass is 16.5. The molecule has 0 aliphatic heterocycles. The van der Waals surface area contributed by atoms with Gasteiger partial charge in [0.1, 0.15) is 5.75 Å². The average Bonchev–Trinajstić information content (AvgIpc) is 2.80. The van der Waals surface area contributed by atoms with E-state index in [-0.39, 0.29) is 12.5 Å². The number of guanidine groups is 1. The highest BCUT2D eigenvalue weighted by molar-refractivity contribution is 5.95. The number of aliphatic imine (C=N–C) groups is 1. The van der Waals surface area contributed by atoms with Gasteiger partial charge in [0.25, 0.3) is 0 Å². The third kappa shape index (κ3) is 9.24. The maximum atomic E-state index is 12.3. The van der Waals surface area contributed by atoms with Crippen LogP contribution in [0.1, 0.15) is 24.5 Å². The zero-order valence-electron chi connectivity index (χ0n) is 18.1. The van der Waals surface area contributed by atoms with Crippen LogP contribution in [0.2, 0.25) is 0 Å². The zero-order chi connectivity index (χ0) is 22.3. The van der Waals surface area contributed by atoms with Crippen molar-refractivity contribution in [3.8, 4) is 18.1 Å². The third-order valence-electron chi connectivity index (χ3n) is 4.27. The first kappa shape index (κ1) is 23.8. The lowest BCUT2D eigenvalue weighted by Crippen LogP contribution is -2.42. The van der Waals surface area contributed by atoms with Crippen molar-refractivity contribution in [1.82, 2.24) is 10.6 Å². The molecule has 164 valence electrons. The van der Waals surface area contributed by atoms with Crippen LogP contribution >= 0.6 is 0 Å². The molecule has 0 heterocycles. The number of terminal acetylenes is 1. The van der Waals surface area contributed by atoms with Crippen molar-refractivity contribution in [2.75, 3.05) is 38.7 Å². The lowest BCUT2D eigenvalue weighted by molar-refractivity contribution is -0.115. The number of hydrogen-bond acceptors (Lipinski definition) is 4. The van der Waals surface area contributed by atoms with Crippen LogP contribution in [0.3, 0.4) is 0 Å². The summed E-state index contributed by atoms with van der Waals surface area (Å²) < 4.78 is 10.5. The molecule has 0 saturated heterocycles. The summed E-state index contributed by atoms with van der Waals surface area (Å²) in [6.07, 6.45) is 6.24. The molecular formula is C24H30N4O3. The normalized spacial score (nSPS) is 10.8. The molecule has 0 aliphatic rings. The summed E-state index contributed by atoms with van der Waals surface area (Å²) in [5.74, 6) is 3.71. The van der Waals surface area contributed by atoms with Crippen LogP contribution in [0.25, 0.3) is 0 Å². The average molecular weight is 423 g/mol. The number of rotatable bonds is 11. The first-order valence-corrected chi connectivity index (χ1v) is 10.2. The van der Waals surface area contributed by atoms with E-state index in [2.05, 4.69) is 26.9 Å².